The lowest BCUT2D eigenvalue weighted by Crippen LogP contribution is -2.42. The van der Waals surface area contributed by atoms with Crippen molar-refractivity contribution in [1.29, 1.82) is 0 Å². The van der Waals surface area contributed by atoms with Crippen LogP contribution < -0.4 is 10.7 Å². The molecule has 140 valence electrons. The molecule has 1 heterocycles. The number of carbonyl (C=O) groups excluding carboxylic acids is 1. The van der Waals surface area contributed by atoms with E-state index in [1.807, 2.05) is 0 Å². The van der Waals surface area contributed by atoms with Crippen LogP contribution in [0.15, 0.2) is 5.10 Å². The molecule has 0 radical (unpaired) electrons. The van der Waals surface area contributed by atoms with E-state index in [0.29, 0.717) is 6.54 Å². The Morgan fingerprint density at radius 3 is 1.67 bits per heavy atom. The van der Waals surface area contributed by atoms with E-state index in [2.05, 4.69) is 22.8 Å². The highest BCUT2D eigenvalue weighted by molar-refractivity contribution is 6.00. The number of hydrazone groups is 1. The van der Waals surface area contributed by atoms with Crippen molar-refractivity contribution in [2.75, 3.05) is 6.54 Å². The van der Waals surface area contributed by atoms with Crippen LogP contribution in [-0.4, -0.2) is 18.3 Å². The fourth-order valence-corrected chi connectivity index (χ4v) is 3.22. The summed E-state index contributed by atoms with van der Waals surface area (Å²) in [5.41, 5.74) is 2.76. The Morgan fingerprint density at radius 2 is 1.21 bits per heavy atom. The van der Waals surface area contributed by atoms with Gasteiger partial charge in [0.1, 0.15) is 12.4 Å². The van der Waals surface area contributed by atoms with Crippen LogP contribution in [0.2, 0.25) is 0 Å². The Hall–Kier alpha value is -1.06. The Kier molecular flexibility index (Phi) is 13.5. The van der Waals surface area contributed by atoms with Crippen LogP contribution in [0.25, 0.3) is 0 Å². The third-order valence-electron chi connectivity index (χ3n) is 4.75. The standard InChI is InChI=1S/C20H39N3O/c1-2-3-4-5-6-7-8-9-10-11-12-13-14-15-16-17-19-22-20(24)18-21-23-19/h21H,2-18H2,1H3,(H,22,23,24). The van der Waals surface area contributed by atoms with E-state index in [1.54, 1.807) is 0 Å². The van der Waals surface area contributed by atoms with E-state index in [-0.39, 0.29) is 5.91 Å². The van der Waals surface area contributed by atoms with Gasteiger partial charge < -0.3 is 5.32 Å². The summed E-state index contributed by atoms with van der Waals surface area (Å²) in [4.78, 5) is 11.2. The number of carbonyl (C=O) groups is 1. The quantitative estimate of drug-likeness (QED) is 0.376. The van der Waals surface area contributed by atoms with Gasteiger partial charge in [-0.15, -0.1) is 0 Å². The van der Waals surface area contributed by atoms with Gasteiger partial charge in [0.15, 0.2) is 0 Å². The fourth-order valence-electron chi connectivity index (χ4n) is 3.22. The van der Waals surface area contributed by atoms with Gasteiger partial charge in [-0.1, -0.05) is 96.8 Å². The molecular weight excluding hydrogens is 298 g/mol. The number of unbranched alkanes of at least 4 members (excludes halogenated alkanes) is 14. The van der Waals surface area contributed by atoms with Gasteiger partial charge in [-0.25, -0.2) is 0 Å². The zero-order chi connectivity index (χ0) is 17.3. The Morgan fingerprint density at radius 1 is 0.750 bits per heavy atom. The van der Waals surface area contributed by atoms with E-state index in [4.69, 9.17) is 0 Å². The maximum absolute atomic E-state index is 11.2. The molecule has 0 saturated heterocycles. The minimum absolute atomic E-state index is 0.0287. The van der Waals surface area contributed by atoms with Crippen LogP contribution in [0.4, 0.5) is 0 Å². The predicted octanol–water partition coefficient (Wildman–Crippen LogP) is 5.28. The molecule has 1 rings (SSSR count). The summed E-state index contributed by atoms with van der Waals surface area (Å²) in [6.45, 7) is 2.59. The molecule has 0 unspecified atom stereocenters. The van der Waals surface area contributed by atoms with Gasteiger partial charge in [-0.05, 0) is 6.42 Å². The number of amidine groups is 1. The first kappa shape index (κ1) is 21.0. The molecule has 0 aromatic rings. The summed E-state index contributed by atoms with van der Waals surface area (Å²) >= 11 is 0. The predicted molar refractivity (Wildman–Crippen MR) is 103 cm³/mol. The van der Waals surface area contributed by atoms with Crippen molar-refractivity contribution >= 4 is 11.7 Å². The van der Waals surface area contributed by atoms with Gasteiger partial charge in [0, 0.05) is 6.42 Å². The summed E-state index contributed by atoms with van der Waals surface area (Å²) in [6, 6.07) is 0. The van der Waals surface area contributed by atoms with Crippen LogP contribution in [0.1, 0.15) is 110 Å². The second-order valence-corrected chi connectivity index (χ2v) is 7.14. The van der Waals surface area contributed by atoms with E-state index in [9.17, 15) is 4.79 Å². The van der Waals surface area contributed by atoms with Crippen molar-refractivity contribution in [3.8, 4) is 0 Å². The molecule has 0 aromatic carbocycles. The highest BCUT2D eigenvalue weighted by Gasteiger charge is 2.09. The van der Waals surface area contributed by atoms with E-state index in [0.717, 1.165) is 18.7 Å². The first-order chi connectivity index (χ1) is 11.8. The molecule has 0 saturated carbocycles. The Balaban J connectivity index is 1.73. The zero-order valence-electron chi connectivity index (χ0n) is 15.9. The van der Waals surface area contributed by atoms with Crippen molar-refractivity contribution in [1.82, 2.24) is 10.7 Å². The molecule has 1 amide bonds. The molecule has 0 fully saturated rings. The second-order valence-electron chi connectivity index (χ2n) is 7.14. The van der Waals surface area contributed by atoms with Gasteiger partial charge in [0.05, 0.1) is 0 Å². The molecule has 0 spiro atoms. The summed E-state index contributed by atoms with van der Waals surface area (Å²) < 4.78 is 0. The summed E-state index contributed by atoms with van der Waals surface area (Å²) in [7, 11) is 0. The van der Waals surface area contributed by atoms with Gasteiger partial charge in [0.2, 0.25) is 5.91 Å². The van der Waals surface area contributed by atoms with Gasteiger partial charge >= 0.3 is 0 Å². The smallest absolute Gasteiger partial charge is 0.246 e. The lowest BCUT2D eigenvalue weighted by Gasteiger charge is -2.13. The normalized spacial score (nSPS) is 14.2. The molecule has 1 aliphatic rings. The molecule has 0 atom stereocenters. The summed E-state index contributed by atoms with van der Waals surface area (Å²) in [5, 5.41) is 6.93. The fraction of sp³-hybridized carbons (Fsp3) is 0.900. The summed E-state index contributed by atoms with van der Waals surface area (Å²) in [5.74, 6) is 0.835. The Labute approximate surface area is 149 Å². The average Bonchev–Trinajstić information content (AvgIpc) is 2.58. The molecule has 0 aliphatic carbocycles. The number of rotatable bonds is 16. The van der Waals surface area contributed by atoms with Crippen LogP contribution in [0.3, 0.4) is 0 Å². The molecule has 4 heteroatoms. The van der Waals surface area contributed by atoms with Crippen LogP contribution in [0, 0.1) is 0 Å². The molecule has 24 heavy (non-hydrogen) atoms. The average molecular weight is 338 g/mol. The number of hydrogen-bond acceptors (Lipinski definition) is 3. The molecule has 4 nitrogen and oxygen atoms in total. The van der Waals surface area contributed by atoms with Gasteiger partial charge in [-0.3, -0.25) is 10.2 Å². The third-order valence-corrected chi connectivity index (χ3v) is 4.75. The van der Waals surface area contributed by atoms with Crippen LogP contribution >= 0.6 is 0 Å². The van der Waals surface area contributed by atoms with E-state index < -0.39 is 0 Å². The number of nitrogens with one attached hydrogen (secondary N) is 2. The molecular formula is C20H39N3O. The number of hydrogen-bond donors (Lipinski definition) is 2. The maximum Gasteiger partial charge on any atom is 0.246 e. The lowest BCUT2D eigenvalue weighted by molar-refractivity contribution is -0.119. The number of nitrogens with zero attached hydrogens (tertiary/aromatic N) is 1. The van der Waals surface area contributed by atoms with E-state index in [1.165, 1.54) is 89.9 Å². The van der Waals surface area contributed by atoms with Crippen LogP contribution in [-0.2, 0) is 4.79 Å². The van der Waals surface area contributed by atoms with Crippen molar-refractivity contribution in [3.05, 3.63) is 0 Å². The van der Waals surface area contributed by atoms with Gasteiger partial charge in [-0.2, -0.15) is 5.10 Å². The lowest BCUT2D eigenvalue weighted by atomic mass is 10.0. The van der Waals surface area contributed by atoms with Crippen molar-refractivity contribution in [2.45, 2.75) is 110 Å². The largest absolute Gasteiger partial charge is 0.311 e. The molecule has 2 N–H and O–H groups in total. The van der Waals surface area contributed by atoms with Crippen molar-refractivity contribution < 1.29 is 4.79 Å². The first-order valence-corrected chi connectivity index (χ1v) is 10.4. The molecule has 0 bridgehead atoms. The topological polar surface area (TPSA) is 53.5 Å². The third kappa shape index (κ3) is 12.4. The summed E-state index contributed by atoms with van der Waals surface area (Å²) in [6.07, 6.45) is 21.5. The minimum Gasteiger partial charge on any atom is -0.311 e. The van der Waals surface area contributed by atoms with Gasteiger partial charge in [0.25, 0.3) is 0 Å². The molecule has 1 aliphatic heterocycles. The number of amides is 1. The van der Waals surface area contributed by atoms with Crippen molar-refractivity contribution in [3.63, 3.8) is 0 Å². The first-order valence-electron chi connectivity index (χ1n) is 10.4. The van der Waals surface area contributed by atoms with Crippen molar-refractivity contribution in [2.24, 2.45) is 5.10 Å². The Bertz CT molecular complexity index is 342. The zero-order valence-corrected chi connectivity index (χ0v) is 15.9. The maximum atomic E-state index is 11.2. The van der Waals surface area contributed by atoms with Crippen LogP contribution in [0.5, 0.6) is 0 Å². The SMILES string of the molecule is CCCCCCCCCCCCCCCCCC1=NNCC(=O)N1. The van der Waals surface area contributed by atoms with E-state index >= 15 is 0 Å². The highest BCUT2D eigenvalue weighted by atomic mass is 16.2. The molecule has 0 aromatic heterocycles. The minimum atomic E-state index is 0.0287. The second kappa shape index (κ2) is 15.5. The highest BCUT2D eigenvalue weighted by Crippen LogP contribution is 2.13. The monoisotopic (exact) mass is 337 g/mol.